The summed E-state index contributed by atoms with van der Waals surface area (Å²) in [5.41, 5.74) is 2.12. The van der Waals surface area contributed by atoms with Crippen LogP contribution in [0.5, 0.6) is 0 Å². The molecule has 1 atom stereocenters. The number of carbonyl (C=O) groups is 2. The van der Waals surface area contributed by atoms with Crippen LogP contribution < -0.4 is 4.90 Å². The van der Waals surface area contributed by atoms with Crippen LogP contribution in [0, 0.1) is 0 Å². The van der Waals surface area contributed by atoms with Gasteiger partial charge >= 0.3 is 0 Å². The molecular weight excluding hydrogens is 378 g/mol. The van der Waals surface area contributed by atoms with E-state index in [2.05, 4.69) is 20.8 Å². The number of carbonyl (C=O) groups excluding carboxylic acids is 2. The Hall–Kier alpha value is -3.60. The summed E-state index contributed by atoms with van der Waals surface area (Å²) in [6.07, 6.45) is 1.49. The van der Waals surface area contributed by atoms with Gasteiger partial charge < -0.3 is 9.52 Å². The minimum absolute atomic E-state index is 0.0149. The summed E-state index contributed by atoms with van der Waals surface area (Å²) in [5.74, 6) is -1.24. The van der Waals surface area contributed by atoms with Gasteiger partial charge in [-0.3, -0.25) is 14.5 Å². The molecule has 2 heterocycles. The summed E-state index contributed by atoms with van der Waals surface area (Å²) in [7, 11) is 0. The SMILES string of the molecule is CC(C)(C)c1ccc(N2C(=O)C(=O)/C(=C(\O)c3ccccc3)C2c2ccco2)cc1. The minimum atomic E-state index is -0.847. The first kappa shape index (κ1) is 19.7. The van der Waals surface area contributed by atoms with E-state index >= 15 is 0 Å². The van der Waals surface area contributed by atoms with Crippen molar-refractivity contribution >= 4 is 23.1 Å². The summed E-state index contributed by atoms with van der Waals surface area (Å²) in [6.45, 7) is 6.32. The van der Waals surface area contributed by atoms with Crippen LogP contribution in [0.25, 0.3) is 5.76 Å². The van der Waals surface area contributed by atoms with Crippen molar-refractivity contribution in [3.05, 3.63) is 95.5 Å². The summed E-state index contributed by atoms with van der Waals surface area (Å²) in [5, 5.41) is 10.9. The number of rotatable bonds is 3. The van der Waals surface area contributed by atoms with E-state index in [-0.39, 0.29) is 16.7 Å². The lowest BCUT2D eigenvalue weighted by Gasteiger charge is -2.25. The predicted molar refractivity (Wildman–Crippen MR) is 115 cm³/mol. The number of nitrogens with zero attached hydrogens (tertiary/aromatic N) is 1. The molecule has 5 nitrogen and oxygen atoms in total. The van der Waals surface area contributed by atoms with E-state index in [4.69, 9.17) is 4.42 Å². The Kier molecular flexibility index (Phi) is 4.82. The third-order valence-corrected chi connectivity index (χ3v) is 5.32. The van der Waals surface area contributed by atoms with Gasteiger partial charge in [0.2, 0.25) is 0 Å². The molecule has 1 aliphatic heterocycles. The predicted octanol–water partition coefficient (Wildman–Crippen LogP) is 5.20. The van der Waals surface area contributed by atoms with Gasteiger partial charge in [-0.1, -0.05) is 63.2 Å². The number of amides is 1. The molecule has 3 aromatic rings. The zero-order valence-electron chi connectivity index (χ0n) is 17.1. The normalized spacial score (nSPS) is 18.8. The van der Waals surface area contributed by atoms with E-state index in [1.54, 1.807) is 36.4 Å². The first-order chi connectivity index (χ1) is 14.3. The Bertz CT molecular complexity index is 1100. The topological polar surface area (TPSA) is 70.8 Å². The van der Waals surface area contributed by atoms with Gasteiger partial charge in [0, 0.05) is 11.3 Å². The molecule has 5 heteroatoms. The highest BCUT2D eigenvalue weighted by Gasteiger charge is 2.48. The van der Waals surface area contributed by atoms with Crippen molar-refractivity contribution in [1.82, 2.24) is 0 Å². The second-order valence-corrected chi connectivity index (χ2v) is 8.35. The Labute approximate surface area is 175 Å². The average molecular weight is 401 g/mol. The first-order valence-corrected chi connectivity index (χ1v) is 9.79. The molecule has 4 rings (SSSR count). The molecule has 0 saturated carbocycles. The molecular formula is C25H23NO4. The van der Waals surface area contributed by atoms with E-state index in [0.29, 0.717) is 17.0 Å². The highest BCUT2D eigenvalue weighted by Crippen LogP contribution is 2.42. The third-order valence-electron chi connectivity index (χ3n) is 5.32. The van der Waals surface area contributed by atoms with E-state index in [1.807, 2.05) is 30.3 Å². The van der Waals surface area contributed by atoms with Gasteiger partial charge in [0.15, 0.2) is 0 Å². The number of benzene rings is 2. The molecule has 1 N–H and O–H groups in total. The maximum Gasteiger partial charge on any atom is 0.300 e. The van der Waals surface area contributed by atoms with Gasteiger partial charge in [0.1, 0.15) is 17.6 Å². The molecule has 1 saturated heterocycles. The van der Waals surface area contributed by atoms with Crippen molar-refractivity contribution in [2.75, 3.05) is 4.90 Å². The minimum Gasteiger partial charge on any atom is -0.507 e. The molecule has 1 aliphatic rings. The fourth-order valence-corrected chi connectivity index (χ4v) is 3.69. The fourth-order valence-electron chi connectivity index (χ4n) is 3.69. The number of aliphatic hydroxyl groups excluding tert-OH is 1. The first-order valence-electron chi connectivity index (χ1n) is 9.79. The molecule has 0 bridgehead atoms. The van der Waals surface area contributed by atoms with Gasteiger partial charge in [-0.2, -0.15) is 0 Å². The standard InChI is InChI=1S/C25H23NO4/c1-25(2,3)17-11-13-18(14-12-17)26-21(19-10-7-15-30-19)20(23(28)24(26)29)22(27)16-8-5-4-6-9-16/h4-15,21,27H,1-3H3/b22-20-. The Morgan fingerprint density at radius 3 is 2.17 bits per heavy atom. The third kappa shape index (κ3) is 3.32. The molecule has 2 aromatic carbocycles. The van der Waals surface area contributed by atoms with E-state index in [9.17, 15) is 14.7 Å². The van der Waals surface area contributed by atoms with Crippen molar-refractivity contribution < 1.29 is 19.1 Å². The van der Waals surface area contributed by atoms with Gasteiger partial charge in [-0.05, 0) is 35.2 Å². The molecule has 1 amide bonds. The number of Topliss-reactive ketones (excluding diaryl/α,β-unsaturated/α-hetero) is 1. The average Bonchev–Trinajstić information content (AvgIpc) is 3.35. The lowest BCUT2D eigenvalue weighted by molar-refractivity contribution is -0.132. The quantitative estimate of drug-likeness (QED) is 0.372. The van der Waals surface area contributed by atoms with Crippen LogP contribution in [0.1, 0.15) is 43.7 Å². The van der Waals surface area contributed by atoms with Crippen molar-refractivity contribution in [1.29, 1.82) is 0 Å². The highest BCUT2D eigenvalue weighted by atomic mass is 16.3. The maximum atomic E-state index is 13.0. The van der Waals surface area contributed by atoms with Crippen LogP contribution in [0.15, 0.2) is 83.0 Å². The zero-order chi connectivity index (χ0) is 21.5. The zero-order valence-corrected chi connectivity index (χ0v) is 17.1. The number of hydrogen-bond donors (Lipinski definition) is 1. The number of anilines is 1. The van der Waals surface area contributed by atoms with Crippen molar-refractivity contribution in [3.8, 4) is 0 Å². The van der Waals surface area contributed by atoms with Crippen LogP contribution in [0.2, 0.25) is 0 Å². The van der Waals surface area contributed by atoms with Crippen LogP contribution in [-0.4, -0.2) is 16.8 Å². The summed E-state index contributed by atoms with van der Waals surface area (Å²) in [6, 6.07) is 18.8. The molecule has 0 aliphatic carbocycles. The Morgan fingerprint density at radius 1 is 0.933 bits per heavy atom. The molecule has 1 aromatic heterocycles. The lowest BCUT2D eigenvalue weighted by Crippen LogP contribution is -2.29. The van der Waals surface area contributed by atoms with Crippen LogP contribution in [0.3, 0.4) is 0 Å². The Balaban J connectivity index is 1.87. The Morgan fingerprint density at radius 2 is 1.60 bits per heavy atom. The highest BCUT2D eigenvalue weighted by molar-refractivity contribution is 6.51. The molecule has 30 heavy (non-hydrogen) atoms. The van der Waals surface area contributed by atoms with E-state index in [0.717, 1.165) is 5.56 Å². The molecule has 152 valence electrons. The summed E-state index contributed by atoms with van der Waals surface area (Å²) < 4.78 is 5.57. The maximum absolute atomic E-state index is 13.0. The largest absolute Gasteiger partial charge is 0.507 e. The molecule has 1 fully saturated rings. The monoisotopic (exact) mass is 401 g/mol. The van der Waals surface area contributed by atoms with Crippen molar-refractivity contribution in [2.45, 2.75) is 32.2 Å². The smallest absolute Gasteiger partial charge is 0.300 e. The number of ketones is 1. The fraction of sp³-hybridized carbons (Fsp3) is 0.200. The van der Waals surface area contributed by atoms with Gasteiger partial charge in [-0.25, -0.2) is 0 Å². The van der Waals surface area contributed by atoms with Gasteiger partial charge in [0.25, 0.3) is 11.7 Å². The van der Waals surface area contributed by atoms with Crippen molar-refractivity contribution in [3.63, 3.8) is 0 Å². The summed E-state index contributed by atoms with van der Waals surface area (Å²) in [4.78, 5) is 27.4. The van der Waals surface area contributed by atoms with Gasteiger partial charge in [0.05, 0.1) is 11.8 Å². The van der Waals surface area contributed by atoms with Gasteiger partial charge in [-0.15, -0.1) is 0 Å². The second kappa shape index (κ2) is 7.34. The number of hydrogen-bond acceptors (Lipinski definition) is 4. The lowest BCUT2D eigenvalue weighted by atomic mass is 9.87. The molecule has 0 spiro atoms. The summed E-state index contributed by atoms with van der Waals surface area (Å²) >= 11 is 0. The number of furan rings is 1. The van der Waals surface area contributed by atoms with Crippen molar-refractivity contribution in [2.24, 2.45) is 0 Å². The number of aliphatic hydroxyl groups is 1. The van der Waals surface area contributed by atoms with E-state index in [1.165, 1.54) is 11.2 Å². The second-order valence-electron chi connectivity index (χ2n) is 8.35. The molecule has 1 unspecified atom stereocenters. The van der Waals surface area contributed by atoms with E-state index < -0.39 is 17.7 Å². The molecule has 0 radical (unpaired) electrons. The van der Waals surface area contributed by atoms with Crippen LogP contribution in [-0.2, 0) is 15.0 Å². The van der Waals surface area contributed by atoms with Crippen LogP contribution in [0.4, 0.5) is 5.69 Å². The van der Waals surface area contributed by atoms with Crippen LogP contribution >= 0.6 is 0 Å².